The monoisotopic (exact) mass is 512 g/mol. The Kier molecular flexibility index (Phi) is 7.03. The minimum atomic E-state index is -1.40. The lowest BCUT2D eigenvalue weighted by Gasteiger charge is -2.29. The van der Waals surface area contributed by atoms with Gasteiger partial charge in [0, 0.05) is 28.4 Å². The number of carboxylic acids is 1. The largest absolute Gasteiger partial charge is 0.504 e. The maximum absolute atomic E-state index is 14.7. The predicted octanol–water partition coefficient (Wildman–Crippen LogP) is 5.90. The summed E-state index contributed by atoms with van der Waals surface area (Å²) in [7, 11) is 1.73. The highest BCUT2D eigenvalue weighted by Crippen LogP contribution is 2.47. The van der Waals surface area contributed by atoms with Crippen LogP contribution in [0.4, 0.5) is 13.2 Å². The van der Waals surface area contributed by atoms with E-state index in [0.717, 1.165) is 6.07 Å². The van der Waals surface area contributed by atoms with Gasteiger partial charge in [-0.25, -0.2) is 13.6 Å². The summed E-state index contributed by atoms with van der Waals surface area (Å²) >= 11 is 0. The summed E-state index contributed by atoms with van der Waals surface area (Å²) < 4.78 is 51.0. The summed E-state index contributed by atoms with van der Waals surface area (Å²) in [6, 6.07) is 11.3. The van der Waals surface area contributed by atoms with Crippen molar-refractivity contribution in [3.63, 3.8) is 0 Å². The number of aromatic hydroxyl groups is 1. The van der Waals surface area contributed by atoms with Crippen LogP contribution in [0.1, 0.15) is 35.5 Å². The summed E-state index contributed by atoms with van der Waals surface area (Å²) in [6.45, 7) is 5.77. The van der Waals surface area contributed by atoms with E-state index in [-0.39, 0.29) is 29.8 Å². The molecule has 0 radical (unpaired) electrons. The van der Waals surface area contributed by atoms with Gasteiger partial charge in [0.1, 0.15) is 5.82 Å². The lowest BCUT2D eigenvalue weighted by atomic mass is 9.84. The van der Waals surface area contributed by atoms with Gasteiger partial charge in [0.05, 0.1) is 29.8 Å². The van der Waals surface area contributed by atoms with E-state index in [9.17, 15) is 28.2 Å². The Labute approximate surface area is 211 Å². The second kappa shape index (κ2) is 9.91. The molecule has 3 N–H and O–H groups in total. The maximum atomic E-state index is 14.7. The van der Waals surface area contributed by atoms with Gasteiger partial charge < -0.3 is 19.5 Å². The molecule has 3 aromatic carbocycles. The molecule has 0 spiro atoms. The molecule has 0 aliphatic rings. The van der Waals surface area contributed by atoms with Crippen molar-refractivity contribution in [3.8, 4) is 22.6 Å². The number of ether oxygens (including phenoxy) is 1. The molecule has 37 heavy (non-hydrogen) atoms. The predicted molar refractivity (Wildman–Crippen MR) is 135 cm³/mol. The zero-order valence-corrected chi connectivity index (χ0v) is 20.8. The fraction of sp³-hybridized carbons (Fsp3) is 0.250. The maximum Gasteiger partial charge on any atom is 0.335 e. The van der Waals surface area contributed by atoms with Crippen molar-refractivity contribution in [1.29, 1.82) is 0 Å². The molecule has 4 rings (SSSR count). The van der Waals surface area contributed by atoms with Crippen molar-refractivity contribution in [2.45, 2.75) is 26.2 Å². The van der Waals surface area contributed by atoms with Gasteiger partial charge >= 0.3 is 5.97 Å². The third-order valence-electron chi connectivity index (χ3n) is 6.30. The number of phenolic OH excluding ortho intramolecular Hbond substituents is 1. The first kappa shape index (κ1) is 26.2. The number of hydrogen-bond donors (Lipinski definition) is 3. The number of carboxylic acid groups (broad SMARTS) is 1. The fourth-order valence-corrected chi connectivity index (χ4v) is 4.59. The Balaban J connectivity index is 2.17. The molecule has 0 amide bonds. The SMILES string of the molecule is CNCOCC(C)(C)c1c(-c2ccc(C(=O)O)cc2)c2c(O)c(F)c(F)cc2n1-c1ccc(F)c(C)c1. The summed E-state index contributed by atoms with van der Waals surface area (Å²) in [5, 5.41) is 23.2. The van der Waals surface area contributed by atoms with Gasteiger partial charge in [-0.05, 0) is 55.4 Å². The number of rotatable bonds is 8. The van der Waals surface area contributed by atoms with Crippen LogP contribution >= 0.6 is 0 Å². The average molecular weight is 513 g/mol. The van der Waals surface area contributed by atoms with Crippen molar-refractivity contribution in [2.75, 3.05) is 20.4 Å². The molecule has 1 aromatic heterocycles. The van der Waals surface area contributed by atoms with Crippen LogP contribution in [0.3, 0.4) is 0 Å². The summed E-state index contributed by atoms with van der Waals surface area (Å²) in [6.07, 6.45) is 0. The minimum Gasteiger partial charge on any atom is -0.504 e. The number of nitrogens with one attached hydrogen (secondary N) is 1. The molecule has 0 saturated carbocycles. The molecule has 1 heterocycles. The van der Waals surface area contributed by atoms with Crippen LogP contribution in [-0.4, -0.2) is 41.1 Å². The van der Waals surface area contributed by atoms with E-state index < -0.39 is 34.6 Å². The Morgan fingerprint density at radius 1 is 1.05 bits per heavy atom. The van der Waals surface area contributed by atoms with Crippen LogP contribution in [0.2, 0.25) is 0 Å². The number of hydrogen-bond acceptors (Lipinski definition) is 4. The van der Waals surface area contributed by atoms with Crippen molar-refractivity contribution in [1.82, 2.24) is 9.88 Å². The third-order valence-corrected chi connectivity index (χ3v) is 6.30. The van der Waals surface area contributed by atoms with Gasteiger partial charge in [0.2, 0.25) is 5.82 Å². The van der Waals surface area contributed by atoms with E-state index in [1.54, 1.807) is 36.7 Å². The van der Waals surface area contributed by atoms with E-state index in [4.69, 9.17) is 4.74 Å². The highest BCUT2D eigenvalue weighted by Gasteiger charge is 2.34. The van der Waals surface area contributed by atoms with E-state index in [2.05, 4.69) is 5.32 Å². The van der Waals surface area contributed by atoms with E-state index in [1.807, 2.05) is 13.8 Å². The average Bonchev–Trinajstić information content (AvgIpc) is 3.20. The van der Waals surface area contributed by atoms with Crippen molar-refractivity contribution in [3.05, 3.63) is 82.8 Å². The zero-order chi connectivity index (χ0) is 27.1. The highest BCUT2D eigenvalue weighted by molar-refractivity contribution is 6.04. The van der Waals surface area contributed by atoms with Gasteiger partial charge in [-0.3, -0.25) is 5.32 Å². The zero-order valence-electron chi connectivity index (χ0n) is 20.8. The smallest absolute Gasteiger partial charge is 0.335 e. The van der Waals surface area contributed by atoms with E-state index in [0.29, 0.717) is 28.1 Å². The topological polar surface area (TPSA) is 83.7 Å². The molecule has 4 aromatic rings. The van der Waals surface area contributed by atoms with Gasteiger partial charge in [0.25, 0.3) is 0 Å². The molecule has 0 fully saturated rings. The Morgan fingerprint density at radius 3 is 2.32 bits per heavy atom. The third kappa shape index (κ3) is 4.68. The molecule has 6 nitrogen and oxygen atoms in total. The first-order valence-corrected chi connectivity index (χ1v) is 11.6. The lowest BCUT2D eigenvalue weighted by molar-refractivity contribution is 0.0697. The second-order valence-corrected chi connectivity index (χ2v) is 9.52. The normalized spacial score (nSPS) is 11.9. The molecule has 0 atom stereocenters. The lowest BCUT2D eigenvalue weighted by Crippen LogP contribution is -2.30. The van der Waals surface area contributed by atoms with Crippen LogP contribution < -0.4 is 5.32 Å². The Bertz CT molecular complexity index is 1490. The number of aryl methyl sites for hydroxylation is 1. The van der Waals surface area contributed by atoms with Crippen LogP contribution in [0.15, 0.2) is 48.5 Å². The molecular formula is C28H27F3N2O4. The molecule has 0 unspecified atom stereocenters. The molecular weight excluding hydrogens is 485 g/mol. The number of aromatic carboxylic acids is 1. The Hall–Kier alpha value is -3.82. The summed E-state index contributed by atoms with van der Waals surface area (Å²) in [5.41, 5.74) is 1.60. The standard InChI is InChI=1S/C28H27F3N2O4/c1-15-11-18(9-10-19(15)29)33-21-12-20(30)24(31)25(34)23(21)22(16-5-7-17(8-6-16)27(35)36)26(33)28(2,3)13-37-14-32-4/h5-12,32,34H,13-14H2,1-4H3,(H,35,36). The van der Waals surface area contributed by atoms with Gasteiger partial charge in [-0.2, -0.15) is 4.39 Å². The molecule has 194 valence electrons. The number of nitrogens with zero attached hydrogens (tertiary/aromatic N) is 1. The molecule has 0 aliphatic carbocycles. The summed E-state index contributed by atoms with van der Waals surface area (Å²) in [4.78, 5) is 11.4. The van der Waals surface area contributed by atoms with Gasteiger partial charge in [-0.1, -0.05) is 26.0 Å². The van der Waals surface area contributed by atoms with E-state index >= 15 is 0 Å². The van der Waals surface area contributed by atoms with Gasteiger partial charge in [-0.15, -0.1) is 0 Å². The van der Waals surface area contributed by atoms with Crippen LogP contribution in [0, 0.1) is 24.4 Å². The molecule has 0 bridgehead atoms. The second-order valence-electron chi connectivity index (χ2n) is 9.52. The van der Waals surface area contributed by atoms with Crippen molar-refractivity contribution >= 4 is 16.9 Å². The molecule has 0 saturated heterocycles. The number of halogens is 3. The Morgan fingerprint density at radius 2 is 1.73 bits per heavy atom. The first-order chi connectivity index (χ1) is 17.5. The quantitative estimate of drug-likeness (QED) is 0.202. The van der Waals surface area contributed by atoms with E-state index in [1.165, 1.54) is 24.3 Å². The van der Waals surface area contributed by atoms with Crippen LogP contribution in [0.5, 0.6) is 5.75 Å². The first-order valence-electron chi connectivity index (χ1n) is 11.6. The number of aromatic nitrogens is 1. The number of benzene rings is 3. The number of fused-ring (bicyclic) bond motifs is 1. The van der Waals surface area contributed by atoms with Crippen LogP contribution in [0.25, 0.3) is 27.7 Å². The summed E-state index contributed by atoms with van der Waals surface area (Å²) in [5.74, 6) is -5.07. The minimum absolute atomic E-state index is 0.0423. The highest BCUT2D eigenvalue weighted by atomic mass is 19.2. The van der Waals surface area contributed by atoms with Crippen LogP contribution in [-0.2, 0) is 10.2 Å². The number of carbonyl (C=O) groups is 1. The van der Waals surface area contributed by atoms with Crippen molar-refractivity contribution in [2.24, 2.45) is 0 Å². The molecule has 9 heteroatoms. The number of phenols is 1. The fourth-order valence-electron chi connectivity index (χ4n) is 4.59. The molecule has 0 aliphatic heterocycles. The van der Waals surface area contributed by atoms with Crippen molar-refractivity contribution < 1.29 is 32.9 Å². The van der Waals surface area contributed by atoms with Gasteiger partial charge in [0.15, 0.2) is 11.6 Å².